The minimum atomic E-state index is -3.79. The minimum Gasteiger partial charge on any atom is -0.322 e. The van der Waals surface area contributed by atoms with Crippen LogP contribution in [0.4, 0.5) is 11.4 Å². The largest absolute Gasteiger partial charge is 0.322 e. The molecule has 0 heterocycles. The number of benzene rings is 4. The summed E-state index contributed by atoms with van der Waals surface area (Å²) in [6.45, 7) is 0. The first-order chi connectivity index (χ1) is 16.4. The second kappa shape index (κ2) is 10.4. The number of hydrogen-bond acceptors (Lipinski definition) is 3. The van der Waals surface area contributed by atoms with Crippen LogP contribution in [0.2, 0.25) is 5.02 Å². The third-order valence-electron chi connectivity index (χ3n) is 5.01. The molecule has 0 unspecified atom stereocenters. The molecule has 5 nitrogen and oxygen atoms in total. The summed E-state index contributed by atoms with van der Waals surface area (Å²) in [4.78, 5) is 12.6. The molecule has 4 rings (SSSR count). The molecule has 170 valence electrons. The van der Waals surface area contributed by atoms with Gasteiger partial charge in [-0.2, -0.15) is 0 Å². The van der Waals surface area contributed by atoms with Crippen molar-refractivity contribution >= 4 is 45.0 Å². The van der Waals surface area contributed by atoms with E-state index in [4.69, 9.17) is 11.6 Å². The number of anilines is 2. The first-order valence-corrected chi connectivity index (χ1v) is 12.3. The maximum absolute atomic E-state index is 12.6. The van der Waals surface area contributed by atoms with Gasteiger partial charge in [-0.15, -0.1) is 0 Å². The molecule has 0 aliphatic rings. The van der Waals surface area contributed by atoms with Crippen molar-refractivity contribution in [1.82, 2.24) is 0 Å². The Balaban J connectivity index is 1.44. The van der Waals surface area contributed by atoms with Crippen molar-refractivity contribution in [3.05, 3.63) is 120 Å². The molecule has 0 aliphatic carbocycles. The maximum Gasteiger partial charge on any atom is 0.261 e. The molecule has 4 aromatic carbocycles. The Labute approximate surface area is 203 Å². The van der Waals surface area contributed by atoms with E-state index in [1.807, 2.05) is 54.6 Å². The first kappa shape index (κ1) is 23.3. The lowest BCUT2D eigenvalue weighted by Gasteiger charge is -2.10. The van der Waals surface area contributed by atoms with E-state index in [2.05, 4.69) is 10.0 Å². The summed E-state index contributed by atoms with van der Waals surface area (Å²) < 4.78 is 27.7. The molecular weight excluding hydrogens is 468 g/mol. The van der Waals surface area contributed by atoms with Crippen LogP contribution in [0.15, 0.2) is 114 Å². The Bertz CT molecular complexity index is 1430. The predicted molar refractivity (Wildman–Crippen MR) is 138 cm³/mol. The van der Waals surface area contributed by atoms with E-state index in [0.717, 1.165) is 11.1 Å². The van der Waals surface area contributed by atoms with Crippen molar-refractivity contribution < 1.29 is 13.2 Å². The number of para-hydroxylation sites is 2. The van der Waals surface area contributed by atoms with Gasteiger partial charge in [0.25, 0.3) is 10.0 Å². The molecule has 4 aromatic rings. The van der Waals surface area contributed by atoms with E-state index in [1.54, 1.807) is 42.5 Å². The lowest BCUT2D eigenvalue weighted by molar-refractivity contribution is -0.111. The van der Waals surface area contributed by atoms with E-state index < -0.39 is 10.0 Å². The molecule has 1 amide bonds. The van der Waals surface area contributed by atoms with Crippen LogP contribution in [0.3, 0.4) is 0 Å². The highest BCUT2D eigenvalue weighted by molar-refractivity contribution is 7.92. The molecule has 0 fully saturated rings. The molecule has 7 heteroatoms. The number of carbonyl (C=O) groups excluding carboxylic acids is 1. The maximum atomic E-state index is 12.6. The third-order valence-corrected chi connectivity index (χ3v) is 6.72. The van der Waals surface area contributed by atoms with Crippen molar-refractivity contribution in [3.8, 4) is 11.1 Å². The second-order valence-corrected chi connectivity index (χ2v) is 9.48. The van der Waals surface area contributed by atoms with Crippen LogP contribution >= 0.6 is 11.6 Å². The van der Waals surface area contributed by atoms with Crippen LogP contribution in [-0.4, -0.2) is 14.3 Å². The van der Waals surface area contributed by atoms with E-state index in [9.17, 15) is 13.2 Å². The lowest BCUT2D eigenvalue weighted by atomic mass is 10.0. The summed E-state index contributed by atoms with van der Waals surface area (Å²) >= 11 is 6.04. The van der Waals surface area contributed by atoms with Gasteiger partial charge >= 0.3 is 0 Å². The second-order valence-electron chi connectivity index (χ2n) is 7.39. The van der Waals surface area contributed by atoms with Gasteiger partial charge in [0.2, 0.25) is 5.91 Å². The molecule has 0 aliphatic heterocycles. The smallest absolute Gasteiger partial charge is 0.261 e. The zero-order chi connectivity index (χ0) is 24.0. The molecule has 0 radical (unpaired) electrons. The van der Waals surface area contributed by atoms with Gasteiger partial charge in [0.05, 0.1) is 15.6 Å². The Morgan fingerprint density at radius 1 is 0.735 bits per heavy atom. The number of amides is 1. The summed E-state index contributed by atoms with van der Waals surface area (Å²) in [6, 6.07) is 30.2. The zero-order valence-electron chi connectivity index (χ0n) is 18.0. The standard InChI is InChI=1S/C27H21ClN2O3S/c28-24-11-5-7-13-26(24)30-34(32,33)22-17-14-20(15-18-22)16-19-27(31)29-25-12-6-4-10-23(25)21-8-2-1-3-9-21/h1-19,30H,(H,29,31). The Morgan fingerprint density at radius 2 is 1.35 bits per heavy atom. The fourth-order valence-electron chi connectivity index (χ4n) is 3.31. The molecule has 0 aromatic heterocycles. The van der Waals surface area contributed by atoms with Gasteiger partial charge in [-0.05, 0) is 47.5 Å². The minimum absolute atomic E-state index is 0.0887. The fourth-order valence-corrected chi connectivity index (χ4v) is 4.63. The van der Waals surface area contributed by atoms with E-state index >= 15 is 0 Å². The molecule has 0 atom stereocenters. The molecular formula is C27H21ClN2O3S. The van der Waals surface area contributed by atoms with Crippen LogP contribution in [-0.2, 0) is 14.8 Å². The molecule has 0 saturated heterocycles. The number of rotatable bonds is 7. The molecule has 2 N–H and O–H groups in total. The molecule has 0 spiro atoms. The Hall–Kier alpha value is -3.87. The van der Waals surface area contributed by atoms with E-state index in [-0.39, 0.29) is 10.8 Å². The topological polar surface area (TPSA) is 75.3 Å². The van der Waals surface area contributed by atoms with Crippen LogP contribution in [0.1, 0.15) is 5.56 Å². The Kier molecular flexibility index (Phi) is 7.11. The third kappa shape index (κ3) is 5.73. The molecule has 0 bridgehead atoms. The summed E-state index contributed by atoms with van der Waals surface area (Å²) in [5.74, 6) is -0.291. The summed E-state index contributed by atoms with van der Waals surface area (Å²) in [7, 11) is -3.79. The summed E-state index contributed by atoms with van der Waals surface area (Å²) in [6.07, 6.45) is 3.03. The normalized spacial score (nSPS) is 11.3. The van der Waals surface area contributed by atoms with Gasteiger partial charge in [-0.1, -0.05) is 84.4 Å². The zero-order valence-corrected chi connectivity index (χ0v) is 19.6. The average Bonchev–Trinajstić information content (AvgIpc) is 2.85. The SMILES string of the molecule is O=C(C=Cc1ccc(S(=O)(=O)Nc2ccccc2Cl)cc1)Nc1ccccc1-c1ccccc1. The van der Waals surface area contributed by atoms with Crippen molar-refractivity contribution in [2.75, 3.05) is 10.0 Å². The van der Waals surface area contributed by atoms with Crippen molar-refractivity contribution in [2.24, 2.45) is 0 Å². The van der Waals surface area contributed by atoms with Crippen molar-refractivity contribution in [1.29, 1.82) is 0 Å². The van der Waals surface area contributed by atoms with E-state index in [0.29, 0.717) is 22.0 Å². The van der Waals surface area contributed by atoms with Crippen LogP contribution in [0, 0.1) is 0 Å². The summed E-state index contributed by atoms with van der Waals surface area (Å²) in [5.41, 5.74) is 3.62. The highest BCUT2D eigenvalue weighted by Crippen LogP contribution is 2.28. The number of sulfonamides is 1. The van der Waals surface area contributed by atoms with Gasteiger partial charge in [0.1, 0.15) is 0 Å². The number of carbonyl (C=O) groups is 1. The lowest BCUT2D eigenvalue weighted by Crippen LogP contribution is -2.13. The van der Waals surface area contributed by atoms with Crippen molar-refractivity contribution in [2.45, 2.75) is 4.90 Å². The first-order valence-electron chi connectivity index (χ1n) is 10.4. The predicted octanol–water partition coefficient (Wildman–Crippen LogP) is 6.46. The van der Waals surface area contributed by atoms with Gasteiger partial charge in [-0.3, -0.25) is 9.52 Å². The molecule has 0 saturated carbocycles. The van der Waals surface area contributed by atoms with Gasteiger partial charge in [-0.25, -0.2) is 8.42 Å². The van der Waals surface area contributed by atoms with Crippen LogP contribution < -0.4 is 10.0 Å². The number of halogens is 1. The van der Waals surface area contributed by atoms with Gasteiger partial charge in [0, 0.05) is 17.3 Å². The summed E-state index contributed by atoms with van der Waals surface area (Å²) in [5, 5.41) is 3.21. The fraction of sp³-hybridized carbons (Fsp3) is 0. The highest BCUT2D eigenvalue weighted by Gasteiger charge is 2.15. The number of hydrogen-bond donors (Lipinski definition) is 2. The average molecular weight is 489 g/mol. The van der Waals surface area contributed by atoms with Crippen LogP contribution in [0.5, 0.6) is 0 Å². The van der Waals surface area contributed by atoms with Gasteiger partial charge in [0.15, 0.2) is 0 Å². The monoisotopic (exact) mass is 488 g/mol. The van der Waals surface area contributed by atoms with Crippen molar-refractivity contribution in [3.63, 3.8) is 0 Å². The Morgan fingerprint density at radius 3 is 2.06 bits per heavy atom. The quantitative estimate of drug-likeness (QED) is 0.293. The van der Waals surface area contributed by atoms with Gasteiger partial charge < -0.3 is 5.32 Å². The van der Waals surface area contributed by atoms with E-state index in [1.165, 1.54) is 18.2 Å². The van der Waals surface area contributed by atoms with Crippen LogP contribution in [0.25, 0.3) is 17.2 Å². The highest BCUT2D eigenvalue weighted by atomic mass is 35.5. The number of nitrogens with one attached hydrogen (secondary N) is 2. The molecule has 34 heavy (non-hydrogen) atoms.